The zero-order valence-electron chi connectivity index (χ0n) is 15.9. The van der Waals surface area contributed by atoms with Crippen molar-refractivity contribution in [3.05, 3.63) is 52.0 Å². The highest BCUT2D eigenvalue weighted by molar-refractivity contribution is 6.32. The molecule has 2 aromatic rings. The number of carbonyl (C=O) groups is 2. The Hall–Kier alpha value is -2.73. The molecule has 0 aromatic heterocycles. The van der Waals surface area contributed by atoms with Crippen LogP contribution in [0, 0.1) is 13.8 Å². The van der Waals surface area contributed by atoms with E-state index in [4.69, 9.17) is 25.8 Å². The van der Waals surface area contributed by atoms with Crippen LogP contribution in [0.5, 0.6) is 11.5 Å². The van der Waals surface area contributed by atoms with Crippen molar-refractivity contribution in [2.75, 3.05) is 19.5 Å². The topological polar surface area (TPSA) is 73.9 Å². The van der Waals surface area contributed by atoms with Gasteiger partial charge in [-0.2, -0.15) is 0 Å². The van der Waals surface area contributed by atoms with Gasteiger partial charge in [-0.25, -0.2) is 4.79 Å². The van der Waals surface area contributed by atoms with E-state index in [9.17, 15) is 9.59 Å². The van der Waals surface area contributed by atoms with Crippen molar-refractivity contribution < 1.29 is 23.8 Å². The Kier molecular flexibility index (Phi) is 6.69. The molecule has 7 heteroatoms. The SMILES string of the molecule is COc1cc(C(=O)O[C@@H](C)C(=O)Nc2cc(C)ccc2C)cc(Cl)c1OC. The van der Waals surface area contributed by atoms with E-state index in [0.29, 0.717) is 17.2 Å². The van der Waals surface area contributed by atoms with Crippen molar-refractivity contribution >= 4 is 29.2 Å². The molecule has 1 N–H and O–H groups in total. The minimum atomic E-state index is -0.996. The van der Waals surface area contributed by atoms with Crippen LogP contribution in [0.4, 0.5) is 5.69 Å². The maximum absolute atomic E-state index is 12.4. The normalized spacial score (nSPS) is 11.5. The first kappa shape index (κ1) is 20.6. The molecule has 0 fully saturated rings. The first-order chi connectivity index (χ1) is 12.8. The summed E-state index contributed by atoms with van der Waals surface area (Å²) in [4.78, 5) is 24.8. The van der Waals surface area contributed by atoms with Crippen LogP contribution in [-0.4, -0.2) is 32.2 Å². The first-order valence-corrected chi connectivity index (χ1v) is 8.65. The lowest BCUT2D eigenvalue weighted by Gasteiger charge is -2.16. The Morgan fingerprint density at radius 3 is 2.41 bits per heavy atom. The Balaban J connectivity index is 2.12. The highest BCUT2D eigenvalue weighted by Gasteiger charge is 2.22. The highest BCUT2D eigenvalue weighted by atomic mass is 35.5. The van der Waals surface area contributed by atoms with Gasteiger partial charge in [0.2, 0.25) is 0 Å². The summed E-state index contributed by atoms with van der Waals surface area (Å²) >= 11 is 6.10. The number of esters is 1. The molecule has 0 radical (unpaired) electrons. The lowest BCUT2D eigenvalue weighted by atomic mass is 10.1. The molecule has 0 aliphatic heterocycles. The van der Waals surface area contributed by atoms with Crippen molar-refractivity contribution in [2.45, 2.75) is 26.9 Å². The van der Waals surface area contributed by atoms with Crippen molar-refractivity contribution in [3.8, 4) is 11.5 Å². The number of benzene rings is 2. The van der Waals surface area contributed by atoms with Crippen LogP contribution in [-0.2, 0) is 9.53 Å². The average molecular weight is 392 g/mol. The van der Waals surface area contributed by atoms with Crippen molar-refractivity contribution in [1.82, 2.24) is 0 Å². The van der Waals surface area contributed by atoms with Gasteiger partial charge in [0.1, 0.15) is 0 Å². The van der Waals surface area contributed by atoms with Gasteiger partial charge in [0.05, 0.1) is 24.8 Å². The fourth-order valence-corrected chi connectivity index (χ4v) is 2.71. The number of methoxy groups -OCH3 is 2. The number of hydrogen-bond acceptors (Lipinski definition) is 5. The molecule has 0 aliphatic carbocycles. The molecule has 0 spiro atoms. The van der Waals surface area contributed by atoms with E-state index in [-0.39, 0.29) is 10.6 Å². The summed E-state index contributed by atoms with van der Waals surface area (Å²) in [6.07, 6.45) is -0.996. The summed E-state index contributed by atoms with van der Waals surface area (Å²) in [6.45, 7) is 5.32. The van der Waals surface area contributed by atoms with Gasteiger partial charge in [0.15, 0.2) is 17.6 Å². The molecule has 27 heavy (non-hydrogen) atoms. The standard InChI is InChI=1S/C20H22ClNO5/c1-11-6-7-12(2)16(8-11)22-19(23)13(3)27-20(24)14-9-15(21)18(26-5)17(10-14)25-4/h6-10,13H,1-5H3,(H,22,23)/t13-/m0/s1. The summed E-state index contributed by atoms with van der Waals surface area (Å²) < 4.78 is 15.6. The predicted octanol–water partition coefficient (Wildman–Crippen LogP) is 4.16. The lowest BCUT2D eigenvalue weighted by molar-refractivity contribution is -0.123. The Morgan fingerprint density at radius 2 is 1.78 bits per heavy atom. The van der Waals surface area contributed by atoms with Crippen LogP contribution >= 0.6 is 11.6 Å². The van der Waals surface area contributed by atoms with Crippen LogP contribution in [0.25, 0.3) is 0 Å². The first-order valence-electron chi connectivity index (χ1n) is 8.27. The zero-order chi connectivity index (χ0) is 20.1. The van der Waals surface area contributed by atoms with Gasteiger partial charge in [-0.05, 0) is 50.1 Å². The van der Waals surface area contributed by atoms with Crippen LogP contribution in [0.15, 0.2) is 30.3 Å². The Morgan fingerprint density at radius 1 is 1.07 bits per heavy atom. The number of nitrogens with one attached hydrogen (secondary N) is 1. The number of ether oxygens (including phenoxy) is 3. The third-order valence-electron chi connectivity index (χ3n) is 3.97. The molecule has 0 heterocycles. The third-order valence-corrected chi connectivity index (χ3v) is 4.25. The second kappa shape index (κ2) is 8.77. The number of halogens is 1. The minimum Gasteiger partial charge on any atom is -0.493 e. The van der Waals surface area contributed by atoms with Crippen LogP contribution in [0.2, 0.25) is 5.02 Å². The molecule has 1 amide bonds. The molecule has 0 saturated carbocycles. The quantitative estimate of drug-likeness (QED) is 0.748. The molecule has 144 valence electrons. The fraction of sp³-hybridized carbons (Fsp3) is 0.300. The molecule has 0 aliphatic rings. The average Bonchev–Trinajstić information content (AvgIpc) is 2.63. The molecule has 2 aromatic carbocycles. The number of rotatable bonds is 6. The number of hydrogen-bond donors (Lipinski definition) is 1. The van der Waals surface area contributed by atoms with Crippen LogP contribution in [0.1, 0.15) is 28.4 Å². The summed E-state index contributed by atoms with van der Waals surface area (Å²) in [6, 6.07) is 8.57. The van der Waals surface area contributed by atoms with E-state index in [0.717, 1.165) is 11.1 Å². The molecule has 0 unspecified atom stereocenters. The second-order valence-electron chi connectivity index (χ2n) is 6.05. The van der Waals surface area contributed by atoms with Gasteiger partial charge in [-0.15, -0.1) is 0 Å². The van der Waals surface area contributed by atoms with E-state index in [1.165, 1.54) is 33.3 Å². The largest absolute Gasteiger partial charge is 0.493 e. The summed E-state index contributed by atoms with van der Waals surface area (Å²) in [5.74, 6) is -0.508. The van der Waals surface area contributed by atoms with Crippen molar-refractivity contribution in [3.63, 3.8) is 0 Å². The zero-order valence-corrected chi connectivity index (χ0v) is 16.6. The predicted molar refractivity (Wildman–Crippen MR) is 104 cm³/mol. The summed E-state index contributed by atoms with van der Waals surface area (Å²) in [7, 11) is 2.88. The monoisotopic (exact) mass is 391 g/mol. The Labute approximate surface area is 163 Å². The smallest absolute Gasteiger partial charge is 0.339 e. The van der Waals surface area contributed by atoms with E-state index in [1.54, 1.807) is 0 Å². The minimum absolute atomic E-state index is 0.157. The maximum Gasteiger partial charge on any atom is 0.339 e. The Bertz CT molecular complexity index is 866. The molecular weight excluding hydrogens is 370 g/mol. The van der Waals surface area contributed by atoms with Crippen LogP contribution < -0.4 is 14.8 Å². The van der Waals surface area contributed by atoms with Gasteiger partial charge in [-0.3, -0.25) is 4.79 Å². The molecule has 0 bridgehead atoms. The molecule has 2 rings (SSSR count). The number of aryl methyl sites for hydroxylation is 2. The van der Waals surface area contributed by atoms with Gasteiger partial charge < -0.3 is 19.5 Å². The van der Waals surface area contributed by atoms with E-state index < -0.39 is 18.0 Å². The van der Waals surface area contributed by atoms with Gasteiger partial charge in [0.25, 0.3) is 5.91 Å². The van der Waals surface area contributed by atoms with Gasteiger partial charge >= 0.3 is 5.97 Å². The van der Waals surface area contributed by atoms with E-state index >= 15 is 0 Å². The summed E-state index contributed by atoms with van der Waals surface area (Å²) in [5.41, 5.74) is 2.76. The number of anilines is 1. The van der Waals surface area contributed by atoms with Crippen LogP contribution in [0.3, 0.4) is 0 Å². The van der Waals surface area contributed by atoms with Gasteiger partial charge in [0, 0.05) is 5.69 Å². The highest BCUT2D eigenvalue weighted by Crippen LogP contribution is 2.36. The fourth-order valence-electron chi connectivity index (χ4n) is 2.42. The third kappa shape index (κ3) is 4.92. The maximum atomic E-state index is 12.4. The number of amides is 1. The van der Waals surface area contributed by atoms with Crippen molar-refractivity contribution in [2.24, 2.45) is 0 Å². The van der Waals surface area contributed by atoms with E-state index in [2.05, 4.69) is 5.32 Å². The molecule has 6 nitrogen and oxygen atoms in total. The van der Waals surface area contributed by atoms with Crippen molar-refractivity contribution in [1.29, 1.82) is 0 Å². The second-order valence-corrected chi connectivity index (χ2v) is 6.46. The lowest BCUT2D eigenvalue weighted by Crippen LogP contribution is -2.30. The number of carbonyl (C=O) groups excluding carboxylic acids is 2. The van der Waals surface area contributed by atoms with E-state index in [1.807, 2.05) is 32.0 Å². The molecular formula is C20H22ClNO5. The molecule has 1 atom stereocenters. The summed E-state index contributed by atoms with van der Waals surface area (Å²) in [5, 5.41) is 2.98. The molecule has 0 saturated heterocycles. The van der Waals surface area contributed by atoms with Gasteiger partial charge in [-0.1, -0.05) is 23.7 Å².